The number of pyridine rings is 1. The topological polar surface area (TPSA) is 135 Å². The molecule has 1 amide bonds. The summed E-state index contributed by atoms with van der Waals surface area (Å²) < 4.78 is 7.86. The Kier molecular flexibility index (Phi) is 5.44. The van der Waals surface area contributed by atoms with Crippen molar-refractivity contribution in [2.24, 2.45) is 11.7 Å². The standard InChI is InChI=1S/C27H25N7O2/c28-25-23-24(33-34(27(23)31-15-30-25)19-11-8-17(9-12-19)26(29)35)18-7-6-16-10-13-22(32-21(16)14-18)36-20-4-2-1-3-5-20/h1-7,10,13-15,17,19H,8-9,11-12H2,(H2,29,35)(H2,28,30,31). The molecule has 0 radical (unpaired) electrons. The smallest absolute Gasteiger partial charge is 0.220 e. The van der Waals surface area contributed by atoms with Crippen LogP contribution in [0.4, 0.5) is 5.82 Å². The van der Waals surface area contributed by atoms with Crippen molar-refractivity contribution in [2.75, 3.05) is 5.73 Å². The average Bonchev–Trinajstić information content (AvgIpc) is 3.30. The summed E-state index contributed by atoms with van der Waals surface area (Å²) in [7, 11) is 0. The highest BCUT2D eigenvalue weighted by molar-refractivity contribution is 5.99. The first-order chi connectivity index (χ1) is 17.6. The third-order valence-corrected chi connectivity index (χ3v) is 6.87. The fourth-order valence-corrected chi connectivity index (χ4v) is 4.97. The molecule has 1 fully saturated rings. The van der Waals surface area contributed by atoms with Crippen LogP contribution in [-0.2, 0) is 4.79 Å². The Bertz CT molecular complexity index is 1570. The summed E-state index contributed by atoms with van der Waals surface area (Å²) in [4.78, 5) is 25.1. The minimum absolute atomic E-state index is 0.0823. The Hall–Kier alpha value is -4.53. The summed E-state index contributed by atoms with van der Waals surface area (Å²) in [5, 5.41) is 6.67. The van der Waals surface area contributed by atoms with Gasteiger partial charge in [0, 0.05) is 22.9 Å². The third kappa shape index (κ3) is 3.98. The molecule has 0 spiro atoms. The SMILES string of the molecule is NC(=O)C1CCC(n2nc(-c3ccc4ccc(Oc5ccccc5)nc4c3)c3c(N)ncnc32)CC1. The van der Waals surface area contributed by atoms with Crippen LogP contribution in [0.15, 0.2) is 67.0 Å². The van der Waals surface area contributed by atoms with Crippen LogP contribution in [0.5, 0.6) is 11.6 Å². The first-order valence-electron chi connectivity index (χ1n) is 12.0. The molecule has 180 valence electrons. The molecule has 5 aromatic rings. The van der Waals surface area contributed by atoms with Gasteiger partial charge in [-0.2, -0.15) is 5.10 Å². The van der Waals surface area contributed by atoms with Gasteiger partial charge >= 0.3 is 0 Å². The summed E-state index contributed by atoms with van der Waals surface area (Å²) in [6.45, 7) is 0. The first kappa shape index (κ1) is 22.0. The van der Waals surface area contributed by atoms with Crippen LogP contribution >= 0.6 is 0 Å². The molecule has 9 heteroatoms. The lowest BCUT2D eigenvalue weighted by Crippen LogP contribution is -2.28. The lowest BCUT2D eigenvalue weighted by molar-refractivity contribution is -0.122. The van der Waals surface area contributed by atoms with Crippen LogP contribution in [0.1, 0.15) is 31.7 Å². The van der Waals surface area contributed by atoms with Gasteiger partial charge in [0.1, 0.15) is 23.6 Å². The van der Waals surface area contributed by atoms with E-state index in [2.05, 4.69) is 9.97 Å². The van der Waals surface area contributed by atoms with Gasteiger partial charge in [0.25, 0.3) is 0 Å². The number of hydrogen-bond donors (Lipinski definition) is 2. The minimum Gasteiger partial charge on any atom is -0.439 e. The largest absolute Gasteiger partial charge is 0.439 e. The molecular weight excluding hydrogens is 454 g/mol. The fraction of sp³-hybridized carbons (Fsp3) is 0.222. The van der Waals surface area contributed by atoms with E-state index in [9.17, 15) is 4.79 Å². The van der Waals surface area contributed by atoms with Crippen molar-refractivity contribution < 1.29 is 9.53 Å². The van der Waals surface area contributed by atoms with Gasteiger partial charge in [-0.15, -0.1) is 0 Å². The van der Waals surface area contributed by atoms with E-state index < -0.39 is 0 Å². The number of nitrogens with two attached hydrogens (primary N) is 2. The molecule has 0 unspecified atom stereocenters. The first-order valence-corrected chi connectivity index (χ1v) is 12.0. The highest BCUT2D eigenvalue weighted by atomic mass is 16.5. The van der Waals surface area contributed by atoms with Crippen molar-refractivity contribution in [3.63, 3.8) is 0 Å². The molecule has 1 saturated carbocycles. The number of rotatable bonds is 5. The Morgan fingerprint density at radius 3 is 2.53 bits per heavy atom. The predicted octanol–water partition coefficient (Wildman–Crippen LogP) is 4.63. The molecule has 6 rings (SSSR count). The monoisotopic (exact) mass is 479 g/mol. The molecule has 36 heavy (non-hydrogen) atoms. The average molecular weight is 480 g/mol. The molecule has 3 aromatic heterocycles. The zero-order valence-corrected chi connectivity index (χ0v) is 19.5. The molecule has 0 bridgehead atoms. The Morgan fingerprint density at radius 2 is 1.75 bits per heavy atom. The Balaban J connectivity index is 1.40. The van der Waals surface area contributed by atoms with Crippen molar-refractivity contribution in [1.29, 1.82) is 0 Å². The lowest BCUT2D eigenvalue weighted by atomic mass is 9.86. The van der Waals surface area contributed by atoms with Crippen LogP contribution in [0.25, 0.3) is 33.2 Å². The molecule has 0 aliphatic heterocycles. The number of carbonyl (C=O) groups excluding carboxylic acids is 1. The van der Waals surface area contributed by atoms with Gasteiger partial charge in [-0.25, -0.2) is 19.6 Å². The molecule has 0 atom stereocenters. The van der Waals surface area contributed by atoms with E-state index >= 15 is 0 Å². The van der Waals surface area contributed by atoms with Gasteiger partial charge in [-0.05, 0) is 49.9 Å². The van der Waals surface area contributed by atoms with Crippen molar-refractivity contribution in [3.05, 3.63) is 67.0 Å². The summed E-state index contributed by atoms with van der Waals surface area (Å²) in [6, 6.07) is 19.5. The zero-order valence-electron chi connectivity index (χ0n) is 19.5. The number of benzene rings is 2. The van der Waals surface area contributed by atoms with Crippen molar-refractivity contribution in [1.82, 2.24) is 24.7 Å². The number of aromatic nitrogens is 5. The number of fused-ring (bicyclic) bond motifs is 2. The molecule has 0 saturated heterocycles. The Morgan fingerprint density at radius 1 is 0.972 bits per heavy atom. The minimum atomic E-state index is -0.231. The number of carbonyl (C=O) groups is 1. The normalized spacial score (nSPS) is 17.9. The molecule has 4 N–H and O–H groups in total. The molecule has 3 heterocycles. The quantitative estimate of drug-likeness (QED) is 0.375. The maximum atomic E-state index is 11.6. The van der Waals surface area contributed by atoms with Gasteiger partial charge in [-0.1, -0.05) is 30.3 Å². The maximum Gasteiger partial charge on any atom is 0.220 e. The van der Waals surface area contributed by atoms with Crippen molar-refractivity contribution >= 4 is 33.7 Å². The van der Waals surface area contributed by atoms with Gasteiger partial charge in [0.15, 0.2) is 5.65 Å². The number of amides is 1. The number of para-hydroxylation sites is 1. The van der Waals surface area contributed by atoms with Gasteiger partial charge < -0.3 is 16.2 Å². The highest BCUT2D eigenvalue weighted by Gasteiger charge is 2.29. The van der Waals surface area contributed by atoms with Crippen LogP contribution in [-0.4, -0.2) is 30.6 Å². The highest BCUT2D eigenvalue weighted by Crippen LogP contribution is 2.38. The van der Waals surface area contributed by atoms with Crippen LogP contribution in [0.2, 0.25) is 0 Å². The van der Waals surface area contributed by atoms with Crippen molar-refractivity contribution in [3.8, 4) is 22.9 Å². The van der Waals surface area contributed by atoms with E-state index in [1.165, 1.54) is 6.33 Å². The molecule has 9 nitrogen and oxygen atoms in total. The second-order valence-electron chi connectivity index (χ2n) is 9.13. The van der Waals surface area contributed by atoms with Gasteiger partial charge in [-0.3, -0.25) is 4.79 Å². The summed E-state index contributed by atoms with van der Waals surface area (Å²) in [5.41, 5.74) is 14.9. The van der Waals surface area contributed by atoms with Crippen LogP contribution < -0.4 is 16.2 Å². The number of primary amides is 1. The predicted molar refractivity (Wildman–Crippen MR) is 137 cm³/mol. The molecular formula is C27H25N7O2. The third-order valence-electron chi connectivity index (χ3n) is 6.87. The van der Waals surface area contributed by atoms with E-state index in [-0.39, 0.29) is 17.9 Å². The van der Waals surface area contributed by atoms with E-state index in [4.69, 9.17) is 26.3 Å². The zero-order chi connectivity index (χ0) is 24.6. The van der Waals surface area contributed by atoms with Crippen LogP contribution in [0, 0.1) is 5.92 Å². The van der Waals surface area contributed by atoms with Gasteiger partial charge in [0.2, 0.25) is 11.8 Å². The maximum absolute atomic E-state index is 11.6. The number of anilines is 1. The van der Waals surface area contributed by atoms with Crippen molar-refractivity contribution in [2.45, 2.75) is 31.7 Å². The van der Waals surface area contributed by atoms with E-state index in [0.717, 1.165) is 47.9 Å². The van der Waals surface area contributed by atoms with E-state index in [0.29, 0.717) is 28.4 Å². The van der Waals surface area contributed by atoms with Gasteiger partial charge in [0.05, 0.1) is 16.9 Å². The fourth-order valence-electron chi connectivity index (χ4n) is 4.97. The molecule has 1 aliphatic rings. The number of ether oxygens (including phenoxy) is 1. The lowest BCUT2D eigenvalue weighted by Gasteiger charge is -2.27. The summed E-state index contributed by atoms with van der Waals surface area (Å²) in [5.74, 6) is 1.30. The molecule has 1 aliphatic carbocycles. The second kappa shape index (κ2) is 8.92. The van der Waals surface area contributed by atoms with Crippen LogP contribution in [0.3, 0.4) is 0 Å². The van der Waals surface area contributed by atoms with E-state index in [1.54, 1.807) is 0 Å². The Labute approximate surface area is 207 Å². The molecule has 2 aromatic carbocycles. The second-order valence-corrected chi connectivity index (χ2v) is 9.13. The van der Waals surface area contributed by atoms with E-state index in [1.807, 2.05) is 65.3 Å². The number of hydrogen-bond acceptors (Lipinski definition) is 7. The summed E-state index contributed by atoms with van der Waals surface area (Å²) >= 11 is 0. The number of nitrogen functional groups attached to an aromatic ring is 1. The summed E-state index contributed by atoms with van der Waals surface area (Å²) in [6.07, 6.45) is 4.53. The number of nitrogens with zero attached hydrogens (tertiary/aromatic N) is 5.